The van der Waals surface area contributed by atoms with Crippen molar-refractivity contribution in [1.29, 1.82) is 0 Å². The van der Waals surface area contributed by atoms with Crippen LogP contribution in [0.2, 0.25) is 0 Å². The van der Waals surface area contributed by atoms with Gasteiger partial charge in [-0.25, -0.2) is 14.1 Å². The molecule has 1 aliphatic rings. The first-order chi connectivity index (χ1) is 13.1. The zero-order valence-corrected chi connectivity index (χ0v) is 14.6. The number of nitrogens with zero attached hydrogens (tertiary/aromatic N) is 4. The molecule has 2 heterocycles. The zero-order chi connectivity index (χ0) is 18.8. The number of carbonyl (C=O) groups excluding carboxylic acids is 1. The number of aliphatic hydroxyl groups is 1. The number of benzene rings is 2. The highest BCUT2D eigenvalue weighted by molar-refractivity contribution is 5.90. The van der Waals surface area contributed by atoms with Gasteiger partial charge in [-0.15, -0.1) is 5.10 Å². The van der Waals surface area contributed by atoms with E-state index in [1.807, 2.05) is 18.2 Å². The molecular weight excluding hydrogens is 347 g/mol. The summed E-state index contributed by atoms with van der Waals surface area (Å²) in [5, 5.41) is 14.5. The Hall–Kier alpha value is -3.06. The number of hydrogen-bond acceptors (Lipinski definition) is 4. The van der Waals surface area contributed by atoms with E-state index >= 15 is 0 Å². The molecule has 1 N–H and O–H groups in total. The van der Waals surface area contributed by atoms with Gasteiger partial charge in [0.2, 0.25) is 5.82 Å². The summed E-state index contributed by atoms with van der Waals surface area (Å²) in [5.41, 5.74) is 2.98. The molecule has 1 amide bonds. The van der Waals surface area contributed by atoms with E-state index in [1.54, 1.807) is 4.90 Å². The largest absolute Gasteiger partial charge is 0.386 e. The molecule has 27 heavy (non-hydrogen) atoms. The maximum Gasteiger partial charge on any atom is 0.293 e. The predicted molar refractivity (Wildman–Crippen MR) is 96.3 cm³/mol. The van der Waals surface area contributed by atoms with Gasteiger partial charge in [-0.05, 0) is 35.2 Å². The van der Waals surface area contributed by atoms with Crippen LogP contribution in [-0.2, 0) is 19.5 Å². The quantitative estimate of drug-likeness (QED) is 0.769. The molecule has 1 aromatic heterocycles. The summed E-state index contributed by atoms with van der Waals surface area (Å²) in [5.74, 6) is -0.470. The van der Waals surface area contributed by atoms with Crippen molar-refractivity contribution in [3.05, 3.63) is 83.2 Å². The lowest BCUT2D eigenvalue weighted by Crippen LogP contribution is -2.36. The van der Waals surface area contributed by atoms with Gasteiger partial charge in [0, 0.05) is 13.1 Å². The van der Waals surface area contributed by atoms with Crippen LogP contribution < -0.4 is 0 Å². The molecule has 0 radical (unpaired) electrons. The van der Waals surface area contributed by atoms with Crippen LogP contribution in [-0.4, -0.2) is 37.2 Å². The Morgan fingerprint density at radius 2 is 1.89 bits per heavy atom. The molecule has 4 rings (SSSR count). The number of rotatable bonds is 4. The van der Waals surface area contributed by atoms with Crippen molar-refractivity contribution in [3.63, 3.8) is 0 Å². The van der Waals surface area contributed by atoms with Crippen LogP contribution >= 0.6 is 0 Å². The van der Waals surface area contributed by atoms with Gasteiger partial charge in [0.15, 0.2) is 0 Å². The molecule has 0 saturated heterocycles. The summed E-state index contributed by atoms with van der Waals surface area (Å²) >= 11 is 0. The van der Waals surface area contributed by atoms with Crippen molar-refractivity contribution in [1.82, 2.24) is 19.7 Å². The molecule has 0 spiro atoms. The minimum absolute atomic E-state index is 0.112. The minimum Gasteiger partial charge on any atom is -0.386 e. The van der Waals surface area contributed by atoms with Crippen molar-refractivity contribution in [2.24, 2.45) is 0 Å². The first-order valence-electron chi connectivity index (χ1n) is 8.79. The highest BCUT2D eigenvalue weighted by Crippen LogP contribution is 2.20. The molecular formula is C20H19FN4O2. The average molecular weight is 366 g/mol. The Bertz CT molecular complexity index is 955. The lowest BCUT2D eigenvalue weighted by atomic mass is 10.00. The second-order valence-corrected chi connectivity index (χ2v) is 6.60. The van der Waals surface area contributed by atoms with Crippen molar-refractivity contribution in [2.75, 3.05) is 6.54 Å². The predicted octanol–water partition coefficient (Wildman–Crippen LogP) is 2.35. The Balaban J connectivity index is 1.43. The normalized spacial score (nSPS) is 14.7. The van der Waals surface area contributed by atoms with Gasteiger partial charge in [-0.1, -0.05) is 36.4 Å². The number of aromatic nitrogens is 3. The molecule has 0 bridgehead atoms. The van der Waals surface area contributed by atoms with Gasteiger partial charge < -0.3 is 10.0 Å². The van der Waals surface area contributed by atoms with Crippen LogP contribution in [0.15, 0.2) is 54.9 Å². The lowest BCUT2D eigenvalue weighted by Gasteiger charge is -2.27. The fourth-order valence-electron chi connectivity index (χ4n) is 3.26. The van der Waals surface area contributed by atoms with E-state index in [-0.39, 0.29) is 24.1 Å². The smallest absolute Gasteiger partial charge is 0.293 e. The maximum atomic E-state index is 13.0. The number of halogens is 1. The third-order valence-corrected chi connectivity index (χ3v) is 4.76. The highest BCUT2D eigenvalue weighted by Gasteiger charge is 2.24. The fourth-order valence-corrected chi connectivity index (χ4v) is 3.26. The molecule has 0 aliphatic carbocycles. The standard InChI is InChI=1S/C20H19FN4O2/c21-17-7-5-15(6-8-17)18(26)12-25-13-22-19(23-25)20(27)24-10-9-14-3-1-2-4-16(14)11-24/h1-8,13,18,26H,9-12H2. The van der Waals surface area contributed by atoms with E-state index < -0.39 is 6.10 Å². The van der Waals surface area contributed by atoms with Gasteiger partial charge in [0.1, 0.15) is 12.1 Å². The van der Waals surface area contributed by atoms with Gasteiger partial charge >= 0.3 is 0 Å². The maximum absolute atomic E-state index is 13.0. The second-order valence-electron chi connectivity index (χ2n) is 6.60. The van der Waals surface area contributed by atoms with Crippen LogP contribution in [0.4, 0.5) is 4.39 Å². The van der Waals surface area contributed by atoms with Crippen molar-refractivity contribution < 1.29 is 14.3 Å². The van der Waals surface area contributed by atoms with E-state index in [0.29, 0.717) is 18.7 Å². The van der Waals surface area contributed by atoms with Gasteiger partial charge in [-0.3, -0.25) is 4.79 Å². The van der Waals surface area contributed by atoms with E-state index in [1.165, 1.54) is 40.8 Å². The number of hydrogen-bond donors (Lipinski definition) is 1. The summed E-state index contributed by atoms with van der Waals surface area (Å²) in [7, 11) is 0. The molecule has 1 unspecified atom stereocenters. The molecule has 2 aromatic carbocycles. The first-order valence-corrected chi connectivity index (χ1v) is 8.79. The van der Waals surface area contributed by atoms with Crippen molar-refractivity contribution in [3.8, 4) is 0 Å². The summed E-state index contributed by atoms with van der Waals surface area (Å²) in [6, 6.07) is 13.7. The van der Waals surface area contributed by atoms with Crippen molar-refractivity contribution >= 4 is 5.91 Å². The van der Waals surface area contributed by atoms with Crippen LogP contribution in [0.5, 0.6) is 0 Å². The molecule has 138 valence electrons. The van der Waals surface area contributed by atoms with Crippen LogP contribution in [0.3, 0.4) is 0 Å². The number of amides is 1. The second kappa shape index (κ2) is 7.28. The highest BCUT2D eigenvalue weighted by atomic mass is 19.1. The van der Waals surface area contributed by atoms with E-state index in [0.717, 1.165) is 12.0 Å². The van der Waals surface area contributed by atoms with Gasteiger partial charge in [-0.2, -0.15) is 0 Å². The third kappa shape index (κ3) is 3.73. The Kier molecular flexibility index (Phi) is 4.68. The summed E-state index contributed by atoms with van der Waals surface area (Å²) in [6.45, 7) is 1.30. The summed E-state index contributed by atoms with van der Waals surface area (Å²) in [4.78, 5) is 18.5. The number of carbonyl (C=O) groups is 1. The minimum atomic E-state index is -0.864. The molecule has 3 aromatic rings. The molecule has 1 atom stereocenters. The van der Waals surface area contributed by atoms with Crippen LogP contribution in [0.1, 0.15) is 33.4 Å². The fraction of sp³-hybridized carbons (Fsp3) is 0.250. The van der Waals surface area contributed by atoms with Crippen LogP contribution in [0.25, 0.3) is 0 Å². The molecule has 7 heteroatoms. The molecule has 6 nitrogen and oxygen atoms in total. The van der Waals surface area contributed by atoms with Gasteiger partial charge in [0.05, 0.1) is 12.6 Å². The summed E-state index contributed by atoms with van der Waals surface area (Å²) in [6.07, 6.45) is 1.38. The zero-order valence-electron chi connectivity index (χ0n) is 14.6. The average Bonchev–Trinajstić information content (AvgIpc) is 3.16. The topological polar surface area (TPSA) is 71.2 Å². The monoisotopic (exact) mass is 366 g/mol. The van der Waals surface area contributed by atoms with E-state index in [4.69, 9.17) is 0 Å². The van der Waals surface area contributed by atoms with Crippen molar-refractivity contribution in [2.45, 2.75) is 25.6 Å². The Labute approximate surface area is 155 Å². The van der Waals surface area contributed by atoms with E-state index in [9.17, 15) is 14.3 Å². The van der Waals surface area contributed by atoms with E-state index in [2.05, 4.69) is 16.1 Å². The Morgan fingerprint density at radius 3 is 2.67 bits per heavy atom. The summed E-state index contributed by atoms with van der Waals surface area (Å²) < 4.78 is 14.4. The Morgan fingerprint density at radius 1 is 1.15 bits per heavy atom. The third-order valence-electron chi connectivity index (χ3n) is 4.76. The lowest BCUT2D eigenvalue weighted by molar-refractivity contribution is 0.0720. The first kappa shape index (κ1) is 17.4. The van der Waals surface area contributed by atoms with Crippen LogP contribution in [0, 0.1) is 5.82 Å². The van der Waals surface area contributed by atoms with Gasteiger partial charge in [0.25, 0.3) is 5.91 Å². The molecule has 1 aliphatic heterocycles. The molecule has 0 fully saturated rings. The number of aliphatic hydroxyl groups excluding tert-OH is 1. The SMILES string of the molecule is O=C(c1ncn(CC(O)c2ccc(F)cc2)n1)N1CCc2ccccc2C1. The number of fused-ring (bicyclic) bond motifs is 1. The molecule has 0 saturated carbocycles.